The summed E-state index contributed by atoms with van der Waals surface area (Å²) in [6, 6.07) is 3.78. The molecule has 2 aromatic heterocycles. The third kappa shape index (κ3) is 2.20. The molecule has 0 saturated carbocycles. The van der Waals surface area contributed by atoms with E-state index in [4.69, 9.17) is 4.74 Å². The second-order valence-corrected chi connectivity index (χ2v) is 6.07. The topological polar surface area (TPSA) is 69.9 Å². The number of hydrogen-bond acceptors (Lipinski definition) is 5. The first-order valence-corrected chi connectivity index (χ1v) is 7.22. The highest BCUT2D eigenvalue weighted by Gasteiger charge is 2.25. The number of esters is 1. The zero-order valence-electron chi connectivity index (χ0n) is 13.1. The van der Waals surface area contributed by atoms with Crippen LogP contribution < -0.4 is 0 Å². The predicted molar refractivity (Wildman–Crippen MR) is 83.8 cm³/mol. The van der Waals surface area contributed by atoms with Gasteiger partial charge >= 0.3 is 5.97 Å². The Morgan fingerprint density at radius 2 is 2.09 bits per heavy atom. The van der Waals surface area contributed by atoms with Crippen molar-refractivity contribution < 1.29 is 9.53 Å². The molecule has 0 N–H and O–H groups in total. The molecule has 0 atom stereocenters. The fourth-order valence-corrected chi connectivity index (χ4v) is 2.48. The van der Waals surface area contributed by atoms with Crippen LogP contribution in [0.25, 0.3) is 21.8 Å². The molecule has 0 spiro atoms. The largest absolute Gasteiger partial charge is 0.461 e. The normalized spacial score (nSPS) is 12.0. The smallest absolute Gasteiger partial charge is 0.359 e. The molecule has 0 amide bonds. The van der Waals surface area contributed by atoms with Crippen molar-refractivity contribution in [2.24, 2.45) is 0 Å². The highest BCUT2D eigenvalue weighted by atomic mass is 16.5. The second-order valence-electron chi connectivity index (χ2n) is 6.07. The van der Waals surface area contributed by atoms with Gasteiger partial charge < -0.3 is 4.74 Å². The lowest BCUT2D eigenvalue weighted by molar-refractivity contribution is 0.0520. The number of fused-ring (bicyclic) bond motifs is 3. The molecule has 0 radical (unpaired) electrons. The molecule has 6 nitrogen and oxygen atoms in total. The minimum Gasteiger partial charge on any atom is -0.461 e. The number of carbonyl (C=O) groups is 1. The van der Waals surface area contributed by atoms with E-state index < -0.39 is 5.97 Å². The molecule has 6 heteroatoms. The highest BCUT2D eigenvalue weighted by molar-refractivity contribution is 6.10. The van der Waals surface area contributed by atoms with E-state index in [1.165, 1.54) is 6.33 Å². The van der Waals surface area contributed by atoms with Gasteiger partial charge in [0.15, 0.2) is 5.69 Å². The van der Waals surface area contributed by atoms with Gasteiger partial charge in [0.05, 0.1) is 23.2 Å². The van der Waals surface area contributed by atoms with E-state index >= 15 is 0 Å². The predicted octanol–water partition coefficient (Wildman–Crippen LogP) is 2.91. The standard InChI is InChI=1S/C16H18N4O2/c1-5-22-15(21)13-11-7-6-10-8-17-9-18-12(10)14(11)20(19-13)16(2,3)4/h6-9H,5H2,1-4H3. The van der Waals surface area contributed by atoms with Crippen LogP contribution in [0.4, 0.5) is 0 Å². The van der Waals surface area contributed by atoms with Crippen molar-refractivity contribution in [1.29, 1.82) is 0 Å². The van der Waals surface area contributed by atoms with Gasteiger partial charge in [-0.25, -0.2) is 14.8 Å². The van der Waals surface area contributed by atoms with E-state index in [2.05, 4.69) is 15.1 Å². The lowest BCUT2D eigenvalue weighted by atomic mass is 10.1. The van der Waals surface area contributed by atoms with Gasteiger partial charge in [-0.1, -0.05) is 6.07 Å². The van der Waals surface area contributed by atoms with Crippen molar-refractivity contribution in [3.05, 3.63) is 30.4 Å². The first-order chi connectivity index (χ1) is 10.4. The quantitative estimate of drug-likeness (QED) is 0.680. The average Bonchev–Trinajstić information content (AvgIpc) is 2.87. The van der Waals surface area contributed by atoms with Crippen molar-refractivity contribution in [1.82, 2.24) is 19.7 Å². The van der Waals surface area contributed by atoms with Gasteiger partial charge in [-0.05, 0) is 33.8 Å². The van der Waals surface area contributed by atoms with Crippen molar-refractivity contribution in [2.75, 3.05) is 6.61 Å². The monoisotopic (exact) mass is 298 g/mol. The number of rotatable bonds is 2. The Balaban J connectivity index is 2.41. The Morgan fingerprint density at radius 1 is 1.32 bits per heavy atom. The Kier molecular flexibility index (Phi) is 3.31. The Bertz CT molecular complexity index is 862. The van der Waals surface area contributed by atoms with E-state index in [0.717, 1.165) is 21.8 Å². The summed E-state index contributed by atoms with van der Waals surface area (Å²) >= 11 is 0. The van der Waals surface area contributed by atoms with Crippen LogP contribution in [0, 0.1) is 0 Å². The van der Waals surface area contributed by atoms with Crippen molar-refractivity contribution in [2.45, 2.75) is 33.2 Å². The molecule has 22 heavy (non-hydrogen) atoms. The molecule has 0 saturated heterocycles. The van der Waals surface area contributed by atoms with E-state index in [1.807, 2.05) is 37.6 Å². The first-order valence-electron chi connectivity index (χ1n) is 7.22. The summed E-state index contributed by atoms with van der Waals surface area (Å²) in [5, 5.41) is 6.17. The van der Waals surface area contributed by atoms with Crippen molar-refractivity contribution >= 4 is 27.8 Å². The molecular weight excluding hydrogens is 280 g/mol. The lowest BCUT2D eigenvalue weighted by Gasteiger charge is -2.20. The third-order valence-electron chi connectivity index (χ3n) is 3.42. The second kappa shape index (κ2) is 5.05. The summed E-state index contributed by atoms with van der Waals surface area (Å²) in [4.78, 5) is 20.6. The number of nitrogens with zero attached hydrogens (tertiary/aromatic N) is 4. The molecule has 2 heterocycles. The molecule has 0 fully saturated rings. The van der Waals surface area contributed by atoms with Crippen LogP contribution in [0.5, 0.6) is 0 Å². The Hall–Kier alpha value is -2.50. The van der Waals surface area contributed by atoms with Gasteiger partial charge in [0.1, 0.15) is 6.33 Å². The summed E-state index contributed by atoms with van der Waals surface area (Å²) in [6.07, 6.45) is 3.26. The van der Waals surface area contributed by atoms with E-state index in [9.17, 15) is 4.79 Å². The average molecular weight is 298 g/mol. The molecular formula is C16H18N4O2. The van der Waals surface area contributed by atoms with Crippen LogP contribution in [0.1, 0.15) is 38.2 Å². The summed E-state index contributed by atoms with van der Waals surface area (Å²) in [5.74, 6) is -0.413. The molecule has 0 aliphatic heterocycles. The minimum atomic E-state index is -0.413. The first kappa shape index (κ1) is 14.4. The van der Waals surface area contributed by atoms with E-state index in [1.54, 1.807) is 13.1 Å². The molecule has 0 unspecified atom stereocenters. The van der Waals surface area contributed by atoms with Crippen LogP contribution in [-0.4, -0.2) is 32.3 Å². The lowest BCUT2D eigenvalue weighted by Crippen LogP contribution is -2.23. The summed E-state index contributed by atoms with van der Waals surface area (Å²) < 4.78 is 6.96. The highest BCUT2D eigenvalue weighted by Crippen LogP contribution is 2.30. The van der Waals surface area contributed by atoms with Crippen LogP contribution in [0.15, 0.2) is 24.7 Å². The molecule has 1 aromatic carbocycles. The Labute approximate surface area is 128 Å². The number of hydrogen-bond donors (Lipinski definition) is 0. The number of carbonyl (C=O) groups excluding carboxylic acids is 1. The third-order valence-corrected chi connectivity index (χ3v) is 3.42. The van der Waals surface area contributed by atoms with Gasteiger partial charge in [0.2, 0.25) is 0 Å². The van der Waals surface area contributed by atoms with Crippen molar-refractivity contribution in [3.63, 3.8) is 0 Å². The fraction of sp³-hybridized carbons (Fsp3) is 0.375. The van der Waals surface area contributed by atoms with Gasteiger partial charge in [-0.3, -0.25) is 4.68 Å². The maximum Gasteiger partial charge on any atom is 0.359 e. The van der Waals surface area contributed by atoms with Crippen LogP contribution in [-0.2, 0) is 10.3 Å². The zero-order valence-corrected chi connectivity index (χ0v) is 13.1. The summed E-state index contributed by atoms with van der Waals surface area (Å²) in [7, 11) is 0. The molecule has 3 aromatic rings. The van der Waals surface area contributed by atoms with Gasteiger partial charge in [0.25, 0.3) is 0 Å². The van der Waals surface area contributed by atoms with Crippen LogP contribution >= 0.6 is 0 Å². The maximum atomic E-state index is 12.2. The summed E-state index contributed by atoms with van der Waals surface area (Å²) in [5.41, 5.74) is 1.65. The van der Waals surface area contributed by atoms with Crippen LogP contribution in [0.2, 0.25) is 0 Å². The van der Waals surface area contributed by atoms with Gasteiger partial charge in [-0.15, -0.1) is 0 Å². The number of aromatic nitrogens is 4. The molecule has 0 aliphatic rings. The van der Waals surface area contributed by atoms with E-state index in [0.29, 0.717) is 12.3 Å². The van der Waals surface area contributed by atoms with Gasteiger partial charge in [0, 0.05) is 17.0 Å². The maximum absolute atomic E-state index is 12.2. The molecule has 0 aliphatic carbocycles. The zero-order chi connectivity index (χ0) is 15.9. The number of ether oxygens (including phenoxy) is 1. The fourth-order valence-electron chi connectivity index (χ4n) is 2.48. The summed E-state index contributed by atoms with van der Waals surface area (Å²) in [6.45, 7) is 8.21. The minimum absolute atomic E-state index is 0.289. The van der Waals surface area contributed by atoms with Gasteiger partial charge in [-0.2, -0.15) is 5.10 Å². The molecule has 114 valence electrons. The van der Waals surface area contributed by atoms with E-state index in [-0.39, 0.29) is 5.54 Å². The molecule has 3 rings (SSSR count). The SMILES string of the molecule is CCOC(=O)c1nn(C(C)(C)C)c2c1ccc1cncnc12. The molecule has 0 bridgehead atoms. The van der Waals surface area contributed by atoms with Crippen molar-refractivity contribution in [3.8, 4) is 0 Å². The number of benzene rings is 1. The van der Waals surface area contributed by atoms with Crippen LogP contribution in [0.3, 0.4) is 0 Å². The Morgan fingerprint density at radius 3 is 2.77 bits per heavy atom.